The molecule has 12 heteroatoms. The van der Waals surface area contributed by atoms with Crippen molar-refractivity contribution in [1.82, 2.24) is 23.9 Å². The monoisotopic (exact) mass is 631 g/mol. The number of benzene rings is 1. The number of hydrogen-bond acceptors (Lipinski definition) is 8. The molecule has 0 unspecified atom stereocenters. The van der Waals surface area contributed by atoms with Crippen LogP contribution >= 0.6 is 0 Å². The van der Waals surface area contributed by atoms with Crippen molar-refractivity contribution >= 4 is 33.4 Å². The third kappa shape index (κ3) is 7.45. The van der Waals surface area contributed by atoms with Gasteiger partial charge in [-0.15, -0.1) is 0 Å². The zero-order chi connectivity index (χ0) is 31.8. The van der Waals surface area contributed by atoms with Crippen LogP contribution in [0.25, 0.3) is 16.9 Å². The van der Waals surface area contributed by atoms with Crippen LogP contribution in [0.3, 0.4) is 0 Å². The minimum atomic E-state index is -3.18. The maximum absolute atomic E-state index is 13.8. The van der Waals surface area contributed by atoms with Gasteiger partial charge in [0.2, 0.25) is 10.0 Å². The Labute approximate surface area is 264 Å². The molecule has 0 atom stereocenters. The third-order valence-corrected chi connectivity index (χ3v) is 9.56. The van der Waals surface area contributed by atoms with Crippen molar-refractivity contribution in [3.8, 4) is 11.3 Å². The van der Waals surface area contributed by atoms with Gasteiger partial charge in [-0.25, -0.2) is 22.5 Å². The molecule has 3 aromatic heterocycles. The first kappa shape index (κ1) is 31.0. The van der Waals surface area contributed by atoms with Gasteiger partial charge >= 0.3 is 6.09 Å². The quantitative estimate of drug-likeness (QED) is 0.250. The second-order valence-electron chi connectivity index (χ2n) is 13.1. The van der Waals surface area contributed by atoms with E-state index in [2.05, 4.69) is 10.3 Å². The lowest BCUT2D eigenvalue weighted by Gasteiger charge is -2.30. The summed E-state index contributed by atoms with van der Waals surface area (Å²) in [6.07, 6.45) is 8.14. The lowest BCUT2D eigenvalue weighted by molar-refractivity contribution is 0.0575. The number of aromatic nitrogens is 4. The summed E-state index contributed by atoms with van der Waals surface area (Å²) in [5, 5.41) is 8.21. The minimum Gasteiger partial charge on any atom is -0.443 e. The number of carbonyl (C=O) groups excluding carboxylic acids is 1. The van der Waals surface area contributed by atoms with Crippen LogP contribution < -0.4 is 10.2 Å². The highest BCUT2D eigenvalue weighted by Gasteiger charge is 2.32. The Balaban J connectivity index is 1.31. The van der Waals surface area contributed by atoms with Crippen LogP contribution in [0.15, 0.2) is 60.9 Å². The molecule has 0 spiro atoms. The van der Waals surface area contributed by atoms with Crippen molar-refractivity contribution in [3.63, 3.8) is 0 Å². The predicted molar refractivity (Wildman–Crippen MR) is 175 cm³/mol. The second-order valence-corrected chi connectivity index (χ2v) is 15.1. The number of piperidine rings is 1. The van der Waals surface area contributed by atoms with Crippen molar-refractivity contribution in [2.24, 2.45) is 5.92 Å². The van der Waals surface area contributed by atoms with E-state index in [1.54, 1.807) is 19.9 Å². The molecule has 1 aromatic carbocycles. The number of anilines is 2. The number of hydrogen-bond donors (Lipinski definition) is 1. The average Bonchev–Trinajstić information content (AvgIpc) is 3.76. The van der Waals surface area contributed by atoms with Gasteiger partial charge in [-0.3, -0.25) is 9.88 Å². The van der Waals surface area contributed by atoms with Crippen molar-refractivity contribution in [3.05, 3.63) is 72.1 Å². The van der Waals surface area contributed by atoms with E-state index in [0.29, 0.717) is 43.1 Å². The van der Waals surface area contributed by atoms with Gasteiger partial charge in [0.1, 0.15) is 17.2 Å². The zero-order valence-electron chi connectivity index (χ0n) is 26.3. The first-order chi connectivity index (χ1) is 21.4. The normalized spacial score (nSPS) is 16.5. The number of nitrogens with zero attached hydrogens (tertiary/aromatic N) is 6. The molecule has 45 heavy (non-hydrogen) atoms. The van der Waals surface area contributed by atoms with Crippen LogP contribution in [0.5, 0.6) is 0 Å². The lowest BCUT2D eigenvalue weighted by Crippen LogP contribution is -2.39. The van der Waals surface area contributed by atoms with Gasteiger partial charge in [0.25, 0.3) is 0 Å². The maximum atomic E-state index is 13.8. The molecule has 1 aliphatic heterocycles. The molecule has 1 aliphatic carbocycles. The molecule has 2 fully saturated rings. The molecular formula is C33H41N7O4S. The van der Waals surface area contributed by atoms with Crippen molar-refractivity contribution in [1.29, 1.82) is 0 Å². The summed E-state index contributed by atoms with van der Waals surface area (Å²) in [4.78, 5) is 24.9. The number of amides is 1. The molecule has 1 amide bonds. The van der Waals surface area contributed by atoms with E-state index in [9.17, 15) is 13.2 Å². The number of pyridine rings is 1. The molecule has 0 radical (unpaired) electrons. The fourth-order valence-electron chi connectivity index (χ4n) is 5.68. The van der Waals surface area contributed by atoms with Gasteiger partial charge in [0.05, 0.1) is 24.7 Å². The molecule has 2 aliphatic rings. The number of rotatable bonds is 9. The van der Waals surface area contributed by atoms with Crippen molar-refractivity contribution in [2.45, 2.75) is 64.5 Å². The van der Waals surface area contributed by atoms with Gasteiger partial charge in [-0.05, 0) is 76.0 Å². The Hall–Kier alpha value is -4.03. The van der Waals surface area contributed by atoms with Crippen LogP contribution in [0.1, 0.15) is 63.5 Å². The molecule has 4 aromatic rings. The van der Waals surface area contributed by atoms with Crippen LogP contribution in [0.4, 0.5) is 16.4 Å². The Morgan fingerprint density at radius 2 is 1.80 bits per heavy atom. The van der Waals surface area contributed by atoms with Crippen molar-refractivity contribution < 1.29 is 17.9 Å². The molecule has 1 N–H and O–H groups in total. The second kappa shape index (κ2) is 12.4. The van der Waals surface area contributed by atoms with Gasteiger partial charge in [0, 0.05) is 43.0 Å². The summed E-state index contributed by atoms with van der Waals surface area (Å²) in [5.74, 6) is 1.92. The first-order valence-corrected chi connectivity index (χ1v) is 17.4. The van der Waals surface area contributed by atoms with E-state index < -0.39 is 21.7 Å². The van der Waals surface area contributed by atoms with Crippen LogP contribution in [0, 0.1) is 5.92 Å². The number of carbonyl (C=O) groups is 1. The minimum absolute atomic E-state index is 0.262. The lowest BCUT2D eigenvalue weighted by atomic mass is 9.98. The third-order valence-electron chi connectivity index (χ3n) is 8.26. The van der Waals surface area contributed by atoms with Crippen LogP contribution in [-0.2, 0) is 21.3 Å². The molecule has 1 saturated carbocycles. The predicted octanol–water partition coefficient (Wildman–Crippen LogP) is 5.69. The Morgan fingerprint density at radius 3 is 2.42 bits per heavy atom. The fourth-order valence-corrected chi connectivity index (χ4v) is 6.55. The van der Waals surface area contributed by atoms with Gasteiger partial charge in [-0.2, -0.15) is 9.61 Å². The Kier molecular flexibility index (Phi) is 8.53. The van der Waals surface area contributed by atoms with Crippen molar-refractivity contribution in [2.75, 3.05) is 36.1 Å². The maximum Gasteiger partial charge on any atom is 0.416 e. The summed E-state index contributed by atoms with van der Waals surface area (Å²) >= 11 is 0. The van der Waals surface area contributed by atoms with E-state index in [0.717, 1.165) is 53.7 Å². The first-order valence-electron chi connectivity index (χ1n) is 15.5. The zero-order valence-corrected chi connectivity index (χ0v) is 27.1. The molecule has 4 heterocycles. The molecule has 6 rings (SSSR count). The van der Waals surface area contributed by atoms with E-state index in [1.807, 2.05) is 75.5 Å². The van der Waals surface area contributed by atoms with Crippen LogP contribution in [-0.4, -0.2) is 69.9 Å². The smallest absolute Gasteiger partial charge is 0.416 e. The molecule has 238 valence electrons. The highest BCUT2D eigenvalue weighted by Crippen LogP contribution is 2.42. The summed E-state index contributed by atoms with van der Waals surface area (Å²) < 4.78 is 33.1. The van der Waals surface area contributed by atoms with Gasteiger partial charge in [-0.1, -0.05) is 30.3 Å². The number of nitrogens with one attached hydrogen (secondary N) is 1. The van der Waals surface area contributed by atoms with E-state index in [-0.39, 0.29) is 6.54 Å². The van der Waals surface area contributed by atoms with E-state index >= 15 is 0 Å². The fraction of sp³-hybridized carbons (Fsp3) is 0.455. The largest absolute Gasteiger partial charge is 0.443 e. The number of fused-ring (bicyclic) bond motifs is 1. The summed E-state index contributed by atoms with van der Waals surface area (Å²) in [7, 11) is -3.18. The Morgan fingerprint density at radius 1 is 1.07 bits per heavy atom. The molecule has 1 saturated heterocycles. The number of sulfonamides is 1. The van der Waals surface area contributed by atoms with Gasteiger partial charge < -0.3 is 10.1 Å². The molecular weight excluding hydrogens is 590 g/mol. The van der Waals surface area contributed by atoms with Gasteiger partial charge in [0.15, 0.2) is 5.65 Å². The summed E-state index contributed by atoms with van der Waals surface area (Å²) in [6.45, 7) is 7.51. The van der Waals surface area contributed by atoms with E-state index in [4.69, 9.17) is 14.8 Å². The SMILES string of the molecule is CC(C)(C)OC(=O)N(Cc1ccc(-c2ccccn2)cc1)c1cc(NCC2CCN(S(C)(=O)=O)CC2)nc2c(C3CC3)cnn12. The molecule has 11 nitrogen and oxygen atoms in total. The Bertz CT molecular complexity index is 1760. The topological polar surface area (TPSA) is 122 Å². The van der Waals surface area contributed by atoms with E-state index in [1.165, 1.54) is 6.26 Å². The summed E-state index contributed by atoms with van der Waals surface area (Å²) in [5.41, 5.74) is 3.89. The highest BCUT2D eigenvalue weighted by molar-refractivity contribution is 7.88. The highest BCUT2D eigenvalue weighted by atomic mass is 32.2. The molecule has 0 bridgehead atoms. The number of ether oxygens (including phenoxy) is 1. The summed E-state index contributed by atoms with van der Waals surface area (Å²) in [6, 6.07) is 15.7. The average molecular weight is 632 g/mol. The van der Waals surface area contributed by atoms with Crippen LogP contribution in [0.2, 0.25) is 0 Å². The standard InChI is InChI=1S/C33H41N7O4S/c1-33(2,3)44-32(41)39(22-24-8-10-26(11-9-24)28-7-5-6-16-34-28)30-19-29(37-31-27(25-12-13-25)21-36-40(30)31)35-20-23-14-17-38(18-15-23)45(4,42)43/h5-11,16,19,21,23,25H,12-15,17-18,20,22H2,1-4H3,(H,35,37).